The molecule has 2 aliphatic heterocycles. The molecule has 2 aliphatic rings. The summed E-state index contributed by atoms with van der Waals surface area (Å²) in [5.74, 6) is -6.71. The average molecular weight is 1430 g/mol. The van der Waals surface area contributed by atoms with E-state index >= 15 is 0 Å². The molecule has 2 atom stereocenters. The second-order valence-corrected chi connectivity index (χ2v) is 26.4. The number of carboxylic acids is 3. The molecular weight excluding hydrogens is 1330 g/mol. The number of aryl methyl sites for hydroxylation is 1. The number of nitrogens with zero attached hydrogens (tertiary/aromatic N) is 5. The number of unbranched alkanes of at least 4 members (excludes halogenated alkanes) is 2. The number of primary amides is 1. The SMILES string of the molecule is Cc1ccc(CNCC(=O)N2CCC(NC(=O)[C@H](CC(C)C)NC(=O)NNC(=O)c3ccc(-c4ccccc4OCCCNC(=O)CCCCCNC(=O)CN4CCN(CC(=O)O)CCN(CC(=O)O)CCN(CC(=O)O)CC4)cc3)(C(=O)N[C@@H](Cc3c[nH]c4ccccc34)C(N)=O)CC2)cc1F. The van der Waals surface area contributed by atoms with Crippen molar-refractivity contribution in [2.24, 2.45) is 11.7 Å². The molecule has 14 N–H and O–H groups in total. The number of aromatic nitrogens is 1. The number of nitrogens with two attached hydrogens (primary N) is 1. The number of carbonyl (C=O) groups is 11. The average Bonchev–Trinajstić information content (AvgIpc) is 1.19. The number of carboxylic acid groups (broad SMARTS) is 3. The molecule has 0 saturated carbocycles. The first kappa shape index (κ1) is 80.2. The van der Waals surface area contributed by atoms with Crippen LogP contribution < -0.4 is 53.2 Å². The van der Waals surface area contributed by atoms with Crippen LogP contribution in [0.5, 0.6) is 5.75 Å². The van der Waals surface area contributed by atoms with Gasteiger partial charge < -0.3 is 67.6 Å². The van der Waals surface area contributed by atoms with Crippen LogP contribution in [-0.2, 0) is 56.1 Å². The molecule has 3 heterocycles. The monoisotopic (exact) mass is 1430 g/mol. The zero-order valence-electron chi connectivity index (χ0n) is 58.7. The van der Waals surface area contributed by atoms with E-state index in [0.29, 0.717) is 87.4 Å². The van der Waals surface area contributed by atoms with Gasteiger partial charge in [0.15, 0.2) is 0 Å². The largest absolute Gasteiger partial charge is 0.493 e. The quantitative estimate of drug-likeness (QED) is 0.0204. The maximum atomic E-state index is 14.7. The van der Waals surface area contributed by atoms with Crippen molar-refractivity contribution in [1.29, 1.82) is 0 Å². The number of piperidine rings is 1. The van der Waals surface area contributed by atoms with E-state index in [1.165, 1.54) is 6.07 Å². The minimum atomic E-state index is -1.69. The normalized spacial score (nSPS) is 15.5. The molecule has 0 bridgehead atoms. The van der Waals surface area contributed by atoms with E-state index < -0.39 is 65.2 Å². The standard InChI is InChI=1S/C72H98FN15O15/c1-48(2)38-59(69(100)81-72(70(101)79-58(67(74)98)40-53-42-78-57-14-8-6-12-54(53)57)23-27-88(28-24-72)63(91)43-75-41-50-18-17-49(3)56(73)39-50)80-71(102)83-82-68(99)52-21-19-51(20-22-52)55-13-7-9-15-60(55)103-37-11-26-76-61(89)16-5-4-10-25-77-62(90)44-84-29-31-85(45-64(92)93)33-35-87(47-66(96)97)36-34-86(32-30-84)46-65(94)95/h6-9,12-15,17-22,39,42,48,58-59,75,78H,4-5,10-11,16,23-38,40-41,43-47H2,1-3H3,(H2,74,98)(H,76,89)(H,77,90)(H,79,101)(H,81,100)(H,82,99)(H,92,93)(H,94,95)(H,96,97)(H2,80,83,102)/t58-,59-/m0/s1. The second-order valence-electron chi connectivity index (χ2n) is 26.4. The summed E-state index contributed by atoms with van der Waals surface area (Å²) >= 11 is 0. The molecule has 103 heavy (non-hydrogen) atoms. The van der Waals surface area contributed by atoms with Gasteiger partial charge in [-0.25, -0.2) is 14.6 Å². The van der Waals surface area contributed by atoms with E-state index in [-0.39, 0.29) is 152 Å². The maximum Gasteiger partial charge on any atom is 0.334 e. The number of para-hydroxylation sites is 2. The summed E-state index contributed by atoms with van der Waals surface area (Å²) in [5, 5.41) is 46.4. The molecule has 7 rings (SSSR count). The fourth-order valence-electron chi connectivity index (χ4n) is 12.2. The molecule has 2 saturated heterocycles. The lowest BCUT2D eigenvalue weighted by Crippen LogP contribution is -2.68. The van der Waals surface area contributed by atoms with Gasteiger partial charge in [0.2, 0.25) is 35.4 Å². The van der Waals surface area contributed by atoms with Crippen LogP contribution in [-0.4, -0.2) is 246 Å². The Balaban J connectivity index is 0.839. The van der Waals surface area contributed by atoms with Gasteiger partial charge in [-0.1, -0.05) is 80.9 Å². The Morgan fingerprint density at radius 2 is 1.24 bits per heavy atom. The molecule has 0 radical (unpaired) electrons. The Morgan fingerprint density at radius 1 is 0.650 bits per heavy atom. The predicted molar refractivity (Wildman–Crippen MR) is 380 cm³/mol. The third-order valence-electron chi connectivity index (χ3n) is 18.0. The van der Waals surface area contributed by atoms with Gasteiger partial charge in [0.25, 0.3) is 5.91 Å². The van der Waals surface area contributed by atoms with Crippen molar-refractivity contribution in [2.75, 3.05) is 118 Å². The van der Waals surface area contributed by atoms with E-state index in [9.17, 15) is 72.4 Å². The van der Waals surface area contributed by atoms with Gasteiger partial charge in [0.05, 0.1) is 39.3 Å². The lowest BCUT2D eigenvalue weighted by atomic mass is 9.85. The molecule has 5 aromatic rings. The fourth-order valence-corrected chi connectivity index (χ4v) is 12.2. The summed E-state index contributed by atoms with van der Waals surface area (Å²) < 4.78 is 20.4. The first-order valence-corrected chi connectivity index (χ1v) is 34.8. The molecule has 4 aromatic carbocycles. The van der Waals surface area contributed by atoms with Gasteiger partial charge in [-0.3, -0.25) is 73.0 Å². The minimum absolute atomic E-state index is 0.00304. The number of ether oxygens (including phenoxy) is 1. The summed E-state index contributed by atoms with van der Waals surface area (Å²) in [5.41, 5.74) is 13.2. The van der Waals surface area contributed by atoms with Crippen molar-refractivity contribution in [1.82, 2.24) is 72.2 Å². The summed E-state index contributed by atoms with van der Waals surface area (Å²) in [6, 6.07) is 22.7. The van der Waals surface area contributed by atoms with Crippen LogP contribution in [0.1, 0.15) is 92.3 Å². The Labute approximate surface area is 597 Å². The number of hydrogen-bond donors (Lipinski definition) is 13. The van der Waals surface area contributed by atoms with Gasteiger partial charge in [-0.2, -0.15) is 0 Å². The van der Waals surface area contributed by atoms with Crippen LogP contribution in [0, 0.1) is 18.7 Å². The number of halogens is 1. The third kappa shape index (κ3) is 26.7. The van der Waals surface area contributed by atoms with Crippen LogP contribution in [0.3, 0.4) is 0 Å². The Hall–Kier alpha value is -10.1. The number of hydrazine groups is 1. The smallest absolute Gasteiger partial charge is 0.334 e. The van der Waals surface area contributed by atoms with Crippen molar-refractivity contribution in [3.63, 3.8) is 0 Å². The highest BCUT2D eigenvalue weighted by molar-refractivity contribution is 5.98. The molecule has 0 unspecified atom stereocenters. The molecule has 2 fully saturated rings. The molecule has 9 amide bonds. The van der Waals surface area contributed by atoms with Crippen LogP contribution in [0.15, 0.2) is 97.2 Å². The zero-order valence-corrected chi connectivity index (χ0v) is 58.7. The van der Waals surface area contributed by atoms with Gasteiger partial charge in [0.1, 0.15) is 29.2 Å². The molecular formula is C72H98FN15O15. The van der Waals surface area contributed by atoms with E-state index in [0.717, 1.165) is 22.0 Å². The summed E-state index contributed by atoms with van der Waals surface area (Å²) in [7, 11) is 0. The Kier molecular flexibility index (Phi) is 31.6. The number of amides is 9. The number of fused-ring (bicyclic) bond motifs is 1. The van der Waals surface area contributed by atoms with Crippen molar-refractivity contribution >= 4 is 76.2 Å². The number of carbonyl (C=O) groups excluding carboxylic acids is 8. The highest BCUT2D eigenvalue weighted by atomic mass is 19.1. The van der Waals surface area contributed by atoms with E-state index in [4.69, 9.17) is 10.5 Å². The summed E-state index contributed by atoms with van der Waals surface area (Å²) in [6.45, 7) is 8.00. The fraction of sp³-hybridized carbons (Fsp3) is 0.486. The first-order valence-electron chi connectivity index (χ1n) is 34.8. The predicted octanol–water partition coefficient (Wildman–Crippen LogP) is 2.16. The lowest BCUT2D eigenvalue weighted by Gasteiger charge is -2.42. The second kappa shape index (κ2) is 40.5. The lowest BCUT2D eigenvalue weighted by molar-refractivity contribution is -0.141. The van der Waals surface area contributed by atoms with E-state index in [1.807, 2.05) is 61.2 Å². The van der Waals surface area contributed by atoms with Crippen LogP contribution in [0.2, 0.25) is 0 Å². The number of urea groups is 1. The van der Waals surface area contributed by atoms with Gasteiger partial charge in [0, 0.05) is 126 Å². The number of rotatable bonds is 35. The van der Waals surface area contributed by atoms with Crippen molar-refractivity contribution in [2.45, 2.75) is 103 Å². The number of H-pyrrole nitrogens is 1. The van der Waals surface area contributed by atoms with Gasteiger partial charge in [-0.05, 0) is 104 Å². The van der Waals surface area contributed by atoms with E-state index in [1.54, 1.807) is 75.2 Å². The van der Waals surface area contributed by atoms with Gasteiger partial charge >= 0.3 is 23.9 Å². The summed E-state index contributed by atoms with van der Waals surface area (Å²) in [6.07, 6.45) is 4.36. The molecule has 0 spiro atoms. The molecule has 31 heteroatoms. The topological polar surface area (TPSA) is 412 Å². The van der Waals surface area contributed by atoms with E-state index in [2.05, 4.69) is 47.7 Å². The number of aromatic amines is 1. The zero-order chi connectivity index (χ0) is 74.4. The third-order valence-corrected chi connectivity index (χ3v) is 18.0. The minimum Gasteiger partial charge on any atom is -0.493 e. The number of likely N-dealkylation sites (tertiary alicyclic amines) is 1. The first-order chi connectivity index (χ1) is 49.3. The van der Waals surface area contributed by atoms with Crippen LogP contribution in [0.25, 0.3) is 22.0 Å². The van der Waals surface area contributed by atoms with Crippen molar-refractivity contribution in [3.8, 4) is 16.9 Å². The molecule has 0 aliphatic carbocycles. The van der Waals surface area contributed by atoms with Crippen LogP contribution in [0.4, 0.5) is 9.18 Å². The van der Waals surface area contributed by atoms with Gasteiger partial charge in [-0.15, -0.1) is 0 Å². The highest BCUT2D eigenvalue weighted by Crippen LogP contribution is 2.31. The van der Waals surface area contributed by atoms with Crippen LogP contribution >= 0.6 is 0 Å². The number of benzene rings is 4. The molecule has 30 nitrogen and oxygen atoms in total. The molecule has 1 aromatic heterocycles. The highest BCUT2D eigenvalue weighted by Gasteiger charge is 2.46. The number of aliphatic carboxylic acids is 3. The van der Waals surface area contributed by atoms with Crippen molar-refractivity contribution in [3.05, 3.63) is 125 Å². The number of nitrogens with one attached hydrogen (secondary N) is 9. The Bertz CT molecular complexity index is 3690. The summed E-state index contributed by atoms with van der Waals surface area (Å²) in [4.78, 5) is 155. The Morgan fingerprint density at radius 3 is 1.85 bits per heavy atom. The van der Waals surface area contributed by atoms with Crippen molar-refractivity contribution < 1.29 is 77.2 Å². The molecule has 558 valence electrons. The number of hydrogen-bond acceptors (Lipinski definition) is 17. The maximum absolute atomic E-state index is 14.7.